The van der Waals surface area contributed by atoms with Gasteiger partial charge in [-0.3, -0.25) is 4.79 Å². The lowest BCUT2D eigenvalue weighted by Gasteiger charge is -2.48. The van der Waals surface area contributed by atoms with Gasteiger partial charge in [-0.1, -0.05) is 52.7 Å². The van der Waals surface area contributed by atoms with Gasteiger partial charge in [0.1, 0.15) is 0 Å². The molecular formula is C21H28OS. The van der Waals surface area contributed by atoms with Gasteiger partial charge in [-0.2, -0.15) is 0 Å². The number of hydrogen-bond acceptors (Lipinski definition) is 2. The molecule has 0 radical (unpaired) electrons. The molecule has 1 aliphatic rings. The molecule has 3 rings (SSSR count). The van der Waals surface area contributed by atoms with Crippen molar-refractivity contribution in [2.75, 3.05) is 0 Å². The van der Waals surface area contributed by atoms with Crippen LogP contribution in [0.3, 0.4) is 0 Å². The molecule has 1 nitrogen and oxygen atoms in total. The smallest absolute Gasteiger partial charge is 0.191 e. The van der Waals surface area contributed by atoms with Crippen LogP contribution < -0.4 is 5.43 Å². The van der Waals surface area contributed by atoms with Crippen LogP contribution in [0.2, 0.25) is 0 Å². The molecule has 23 heavy (non-hydrogen) atoms. The molecule has 2 heteroatoms. The first-order chi connectivity index (χ1) is 11.0. The van der Waals surface area contributed by atoms with Crippen LogP contribution in [0.25, 0.3) is 10.1 Å². The van der Waals surface area contributed by atoms with Crippen molar-refractivity contribution in [1.82, 2.24) is 0 Å². The van der Waals surface area contributed by atoms with Crippen LogP contribution in [0.15, 0.2) is 29.1 Å². The fraction of sp³-hybridized carbons (Fsp3) is 0.571. The molecule has 0 saturated carbocycles. The molecule has 124 valence electrons. The number of hydrogen-bond donors (Lipinski definition) is 0. The van der Waals surface area contributed by atoms with E-state index in [2.05, 4.69) is 39.8 Å². The molecule has 1 heterocycles. The lowest BCUT2D eigenvalue weighted by atomic mass is 9.58. The van der Waals surface area contributed by atoms with E-state index in [0.717, 1.165) is 34.9 Å². The summed E-state index contributed by atoms with van der Waals surface area (Å²) in [7, 11) is 0. The summed E-state index contributed by atoms with van der Waals surface area (Å²) in [6.45, 7) is 9.22. The van der Waals surface area contributed by atoms with Crippen LogP contribution in [-0.4, -0.2) is 0 Å². The Kier molecular flexibility index (Phi) is 4.39. The van der Waals surface area contributed by atoms with Gasteiger partial charge in [0.2, 0.25) is 0 Å². The summed E-state index contributed by atoms with van der Waals surface area (Å²) in [6.07, 6.45) is 6.81. The molecular weight excluding hydrogens is 300 g/mol. The molecule has 0 atom stereocenters. The Bertz CT molecular complexity index is 763. The standard InChI is InChI=1S/C21H28OS/c1-5-20(6-2)13-16-18(22)15-11-9-10-12-17(15)23-19(16)21(7-3,8-4)14-20/h9-12H,5-8,13-14H2,1-4H3. The summed E-state index contributed by atoms with van der Waals surface area (Å²) in [5, 5.41) is 0.917. The van der Waals surface area contributed by atoms with Gasteiger partial charge >= 0.3 is 0 Å². The lowest BCUT2D eigenvalue weighted by Crippen LogP contribution is -2.42. The average Bonchev–Trinajstić information content (AvgIpc) is 2.61. The third kappa shape index (κ3) is 2.46. The molecule has 1 aromatic heterocycles. The van der Waals surface area contributed by atoms with Crippen molar-refractivity contribution in [3.8, 4) is 0 Å². The van der Waals surface area contributed by atoms with Gasteiger partial charge in [-0.15, -0.1) is 11.3 Å². The van der Waals surface area contributed by atoms with E-state index >= 15 is 0 Å². The molecule has 0 aliphatic heterocycles. The molecule has 0 fully saturated rings. The maximum atomic E-state index is 13.2. The average molecular weight is 329 g/mol. The monoisotopic (exact) mass is 328 g/mol. The first-order valence-electron chi connectivity index (χ1n) is 9.10. The van der Waals surface area contributed by atoms with Gasteiger partial charge in [0.05, 0.1) is 0 Å². The molecule has 1 aliphatic carbocycles. The predicted molar refractivity (Wildman–Crippen MR) is 102 cm³/mol. The van der Waals surface area contributed by atoms with Crippen LogP contribution in [-0.2, 0) is 11.8 Å². The minimum absolute atomic E-state index is 0.188. The summed E-state index contributed by atoms with van der Waals surface area (Å²) in [5.41, 5.74) is 1.92. The van der Waals surface area contributed by atoms with Crippen LogP contribution in [0.5, 0.6) is 0 Å². The molecule has 0 unspecified atom stereocenters. The first-order valence-corrected chi connectivity index (χ1v) is 9.91. The molecule has 0 amide bonds. The Morgan fingerprint density at radius 3 is 2.26 bits per heavy atom. The summed E-state index contributed by atoms with van der Waals surface area (Å²) < 4.78 is 1.16. The normalized spacial score (nSPS) is 18.8. The number of fused-ring (bicyclic) bond motifs is 2. The second-order valence-electron chi connectivity index (χ2n) is 7.28. The SMILES string of the molecule is CCC1(CC)Cc2c(sc3ccccc3c2=O)C(CC)(CC)C1. The molecule has 0 saturated heterocycles. The maximum Gasteiger partial charge on any atom is 0.191 e. The van der Waals surface area contributed by atoms with Gasteiger partial charge < -0.3 is 0 Å². The number of benzene rings is 1. The second-order valence-corrected chi connectivity index (χ2v) is 8.34. The minimum atomic E-state index is 0.188. The van der Waals surface area contributed by atoms with E-state index in [9.17, 15) is 4.79 Å². The van der Waals surface area contributed by atoms with Crippen molar-refractivity contribution in [2.24, 2.45) is 5.41 Å². The van der Waals surface area contributed by atoms with Crippen LogP contribution >= 0.6 is 11.3 Å². The Hall–Kier alpha value is -1.15. The van der Waals surface area contributed by atoms with E-state index in [-0.39, 0.29) is 5.41 Å². The fourth-order valence-electron chi connectivity index (χ4n) is 4.58. The van der Waals surface area contributed by atoms with Crippen molar-refractivity contribution in [1.29, 1.82) is 0 Å². The van der Waals surface area contributed by atoms with E-state index in [1.165, 1.54) is 24.1 Å². The molecule has 0 spiro atoms. The quantitative estimate of drug-likeness (QED) is 0.665. The first kappa shape index (κ1) is 16.7. The molecule has 0 N–H and O–H groups in total. The third-order valence-electron chi connectivity index (χ3n) is 6.49. The van der Waals surface area contributed by atoms with E-state index in [0.29, 0.717) is 10.8 Å². The number of rotatable bonds is 4. The van der Waals surface area contributed by atoms with Gasteiger partial charge in [-0.05, 0) is 43.2 Å². The second kappa shape index (κ2) is 6.05. The Morgan fingerprint density at radius 2 is 1.65 bits per heavy atom. The van der Waals surface area contributed by atoms with Crippen molar-refractivity contribution < 1.29 is 0 Å². The van der Waals surface area contributed by atoms with Crippen molar-refractivity contribution in [3.63, 3.8) is 0 Å². The summed E-state index contributed by atoms with van der Waals surface area (Å²) in [4.78, 5) is 14.6. The zero-order valence-electron chi connectivity index (χ0n) is 14.9. The van der Waals surface area contributed by atoms with Crippen LogP contribution in [0.1, 0.15) is 70.2 Å². The van der Waals surface area contributed by atoms with E-state index in [1.807, 2.05) is 23.5 Å². The molecule has 2 aromatic rings. The summed E-state index contributed by atoms with van der Waals surface area (Å²) in [6, 6.07) is 8.16. The van der Waals surface area contributed by atoms with Gasteiger partial charge in [0, 0.05) is 25.9 Å². The predicted octanol–water partition coefficient (Wildman–Crippen LogP) is 6.07. The molecule has 1 aromatic carbocycles. The van der Waals surface area contributed by atoms with E-state index in [1.54, 1.807) is 0 Å². The third-order valence-corrected chi connectivity index (χ3v) is 7.95. The lowest BCUT2D eigenvalue weighted by molar-refractivity contribution is 0.143. The van der Waals surface area contributed by atoms with Crippen LogP contribution in [0, 0.1) is 5.41 Å². The Morgan fingerprint density at radius 1 is 1.00 bits per heavy atom. The van der Waals surface area contributed by atoms with Gasteiger partial charge in [0.25, 0.3) is 0 Å². The zero-order chi connectivity index (χ0) is 16.7. The molecule has 0 bridgehead atoms. The largest absolute Gasteiger partial charge is 0.289 e. The summed E-state index contributed by atoms with van der Waals surface area (Å²) in [5.74, 6) is 0. The Balaban J connectivity index is 2.35. The zero-order valence-corrected chi connectivity index (χ0v) is 15.7. The maximum absolute atomic E-state index is 13.2. The van der Waals surface area contributed by atoms with Crippen molar-refractivity contribution >= 4 is 21.4 Å². The van der Waals surface area contributed by atoms with E-state index in [4.69, 9.17) is 0 Å². The highest BCUT2D eigenvalue weighted by molar-refractivity contribution is 7.18. The Labute approximate surface area is 143 Å². The topological polar surface area (TPSA) is 17.1 Å². The highest BCUT2D eigenvalue weighted by Crippen LogP contribution is 2.53. The van der Waals surface area contributed by atoms with Crippen LogP contribution in [0.4, 0.5) is 0 Å². The fourth-order valence-corrected chi connectivity index (χ4v) is 6.08. The highest BCUT2D eigenvalue weighted by atomic mass is 32.1. The van der Waals surface area contributed by atoms with Gasteiger partial charge in [-0.25, -0.2) is 0 Å². The minimum Gasteiger partial charge on any atom is -0.289 e. The van der Waals surface area contributed by atoms with Gasteiger partial charge in [0.15, 0.2) is 5.43 Å². The summed E-state index contributed by atoms with van der Waals surface area (Å²) >= 11 is 1.88. The van der Waals surface area contributed by atoms with Crippen molar-refractivity contribution in [2.45, 2.75) is 71.6 Å². The highest BCUT2D eigenvalue weighted by Gasteiger charge is 2.45. The van der Waals surface area contributed by atoms with Crippen molar-refractivity contribution in [3.05, 3.63) is 44.9 Å². The van der Waals surface area contributed by atoms with E-state index < -0.39 is 0 Å².